The van der Waals surface area contributed by atoms with Gasteiger partial charge in [-0.25, -0.2) is 71.9 Å². The van der Waals surface area contributed by atoms with Crippen molar-refractivity contribution < 1.29 is 143 Å². The van der Waals surface area contributed by atoms with Crippen LogP contribution < -0.4 is 31.9 Å². The summed E-state index contributed by atoms with van der Waals surface area (Å²) < 4.78 is 81.0. The standard InChI is InChI=1S/C61H78N6O30/c1-16-38(68)84-27-57(11,28-85-39(69)17-2)63-52(78)62-48-50(96-55(81)66-60(14,33-90-44(74)22-7)34-91-45(75)23-8)49(95-54(80)65-59(13,31-88-42(72)20-5)32-89-43(73)21-6)37(26-83-53(79)64-58(12,29-86-40(70)18-3)30-87-41(71)19-4)94-51(48)97-56(82)67-61(15,35-92-46(76)24-9)36-93-47(77)25-10/h16-25,37,48-51H,1-10,26-36H2,11-15H3,(H,64,79)(H,65,80)(H,66,81)(H,67,82)(H2,62,63,78). The molecule has 532 valence electrons. The summed E-state index contributed by atoms with van der Waals surface area (Å²) in [4.78, 5) is 196. The smallest absolute Gasteiger partial charge is 0.410 e. The van der Waals surface area contributed by atoms with Crippen molar-refractivity contribution in [2.75, 3.05) is 72.7 Å². The van der Waals surface area contributed by atoms with Crippen LogP contribution in [-0.2, 0) is 119 Å². The van der Waals surface area contributed by atoms with E-state index < -0.39 is 221 Å². The highest BCUT2D eigenvalue weighted by atomic mass is 16.7. The van der Waals surface area contributed by atoms with Gasteiger partial charge in [0.05, 0.1) is 0 Å². The summed E-state index contributed by atoms with van der Waals surface area (Å²) in [6.07, 6.45) is -9.04. The Kier molecular flexibility index (Phi) is 34.8. The Morgan fingerprint density at radius 3 is 0.773 bits per heavy atom. The van der Waals surface area contributed by atoms with E-state index in [1.54, 1.807) is 0 Å². The lowest BCUT2D eigenvalue weighted by Crippen LogP contribution is -2.70. The molecule has 0 aromatic heterocycles. The molecule has 0 aromatic carbocycles. The van der Waals surface area contributed by atoms with Crippen molar-refractivity contribution in [3.8, 4) is 0 Å². The van der Waals surface area contributed by atoms with Crippen molar-refractivity contribution in [2.45, 2.75) is 93.0 Å². The third-order valence-corrected chi connectivity index (χ3v) is 12.1. The Balaban J connectivity index is 4.79. The summed E-state index contributed by atoms with van der Waals surface area (Å²) in [6, 6.07) is -3.90. The van der Waals surface area contributed by atoms with Crippen LogP contribution in [-0.4, -0.2) is 221 Å². The fourth-order valence-corrected chi connectivity index (χ4v) is 7.12. The van der Waals surface area contributed by atoms with Gasteiger partial charge in [-0.05, 0) is 34.6 Å². The van der Waals surface area contributed by atoms with E-state index in [0.717, 1.165) is 81.5 Å². The van der Waals surface area contributed by atoms with Gasteiger partial charge in [0.15, 0.2) is 12.2 Å². The van der Waals surface area contributed by atoms with Crippen molar-refractivity contribution >= 4 is 90.1 Å². The summed E-state index contributed by atoms with van der Waals surface area (Å²) in [5.41, 5.74) is -10.0. The number of esters is 10. The van der Waals surface area contributed by atoms with Crippen LogP contribution in [0.25, 0.3) is 0 Å². The minimum Gasteiger partial charge on any atom is -0.460 e. The quantitative estimate of drug-likeness (QED) is 0.0284. The number of nitrogens with one attached hydrogen (secondary N) is 6. The predicted molar refractivity (Wildman–Crippen MR) is 329 cm³/mol. The number of alkyl carbamates (subject to hydrolysis) is 4. The van der Waals surface area contributed by atoms with E-state index in [9.17, 15) is 71.9 Å². The maximum Gasteiger partial charge on any atom is 0.410 e. The van der Waals surface area contributed by atoms with Crippen LogP contribution in [0.5, 0.6) is 0 Å². The molecule has 1 fully saturated rings. The van der Waals surface area contributed by atoms with Crippen LogP contribution in [0.4, 0.5) is 24.0 Å². The molecule has 0 aliphatic carbocycles. The number of hydrogen-bond donors (Lipinski definition) is 6. The molecular weight excluding hydrogens is 1300 g/mol. The average Bonchev–Trinajstić information content (AvgIpc) is 0.778. The van der Waals surface area contributed by atoms with Gasteiger partial charge in [0.25, 0.3) is 0 Å². The van der Waals surface area contributed by atoms with E-state index >= 15 is 0 Å². The van der Waals surface area contributed by atoms with Crippen molar-refractivity contribution in [3.05, 3.63) is 127 Å². The average molecular weight is 1380 g/mol. The zero-order valence-electron chi connectivity index (χ0n) is 53.8. The van der Waals surface area contributed by atoms with Gasteiger partial charge in [-0.1, -0.05) is 65.8 Å². The van der Waals surface area contributed by atoms with Crippen LogP contribution >= 0.6 is 0 Å². The molecule has 36 nitrogen and oxygen atoms in total. The van der Waals surface area contributed by atoms with E-state index in [2.05, 4.69) is 97.7 Å². The molecule has 0 spiro atoms. The van der Waals surface area contributed by atoms with Gasteiger partial charge in [-0.3, -0.25) is 0 Å². The fraction of sp³-hybridized carbons (Fsp3) is 0.426. The number of carbonyl (C=O) groups excluding carboxylic acids is 15. The monoisotopic (exact) mass is 1370 g/mol. The summed E-state index contributed by atoms with van der Waals surface area (Å²) >= 11 is 0. The fourth-order valence-electron chi connectivity index (χ4n) is 7.12. The van der Waals surface area contributed by atoms with Gasteiger partial charge in [0, 0.05) is 60.8 Å². The molecular formula is C61H78N6O30. The van der Waals surface area contributed by atoms with Crippen LogP contribution in [0.3, 0.4) is 0 Å². The first kappa shape index (κ1) is 83.4. The van der Waals surface area contributed by atoms with Gasteiger partial charge in [-0.2, -0.15) is 0 Å². The van der Waals surface area contributed by atoms with Gasteiger partial charge in [0.1, 0.15) is 113 Å². The highest BCUT2D eigenvalue weighted by molar-refractivity contribution is 5.85. The third kappa shape index (κ3) is 31.7. The molecule has 1 aliphatic heterocycles. The lowest BCUT2D eigenvalue weighted by molar-refractivity contribution is -0.250. The summed E-state index contributed by atoms with van der Waals surface area (Å²) in [7, 11) is 0. The van der Waals surface area contributed by atoms with Gasteiger partial charge < -0.3 is 103 Å². The number of rotatable bonds is 41. The molecule has 0 saturated carbocycles. The molecule has 5 unspecified atom stereocenters. The molecule has 0 aromatic rings. The molecule has 0 bridgehead atoms. The second kappa shape index (κ2) is 40.5. The van der Waals surface area contributed by atoms with Crippen LogP contribution in [0.15, 0.2) is 127 Å². The van der Waals surface area contributed by atoms with Gasteiger partial charge in [-0.15, -0.1) is 0 Å². The van der Waals surface area contributed by atoms with E-state index in [1.807, 2.05) is 0 Å². The van der Waals surface area contributed by atoms with Crippen molar-refractivity contribution in [2.24, 2.45) is 0 Å². The second-order valence-electron chi connectivity index (χ2n) is 21.3. The first-order valence-electron chi connectivity index (χ1n) is 28.1. The number of hydrogen-bond acceptors (Lipinski definition) is 30. The number of carbonyl (C=O) groups is 15. The SMILES string of the molecule is C=CC(=O)OCC(C)(COC(=O)C=C)NC(=O)NC1C(OC(=O)NC(C)(COC(=O)C=C)COC(=O)C=C)OC(COC(=O)NC(C)(COC(=O)C=C)COC(=O)C=C)C(OC(=O)NC(C)(COC(=O)C=C)COC(=O)C=C)C1OC(=O)NC(C)(COC(=O)C=C)COC(=O)C=C. The van der Waals surface area contributed by atoms with E-state index in [4.69, 9.17) is 71.1 Å². The lowest BCUT2D eigenvalue weighted by Gasteiger charge is -2.45. The van der Waals surface area contributed by atoms with Crippen LogP contribution in [0.2, 0.25) is 0 Å². The molecule has 36 heteroatoms. The zero-order valence-corrected chi connectivity index (χ0v) is 53.8. The van der Waals surface area contributed by atoms with Gasteiger partial charge in [0.2, 0.25) is 6.29 Å². The highest BCUT2D eigenvalue weighted by Gasteiger charge is 2.55. The topological polar surface area (TPSA) is 467 Å². The maximum absolute atomic E-state index is 14.8. The zero-order chi connectivity index (χ0) is 73.7. The van der Waals surface area contributed by atoms with Crippen molar-refractivity contribution in [1.29, 1.82) is 0 Å². The maximum atomic E-state index is 14.8. The predicted octanol–water partition coefficient (Wildman–Crippen LogP) is 1.11. The molecule has 1 rings (SSSR count). The molecule has 6 amide bonds. The van der Waals surface area contributed by atoms with E-state index in [0.29, 0.717) is 0 Å². The molecule has 5 atom stereocenters. The lowest BCUT2D eigenvalue weighted by atomic mass is 9.96. The Hall–Kier alpha value is -11.6. The van der Waals surface area contributed by atoms with E-state index in [-0.39, 0.29) is 0 Å². The second-order valence-corrected chi connectivity index (χ2v) is 21.3. The number of amides is 6. The summed E-state index contributed by atoms with van der Waals surface area (Å²) in [5.74, 6) is -10.6. The Labute approximate surface area is 555 Å². The highest BCUT2D eigenvalue weighted by Crippen LogP contribution is 2.30. The number of urea groups is 1. The first-order valence-corrected chi connectivity index (χ1v) is 28.1. The first-order chi connectivity index (χ1) is 45.5. The Bertz CT molecular complexity index is 2910. The van der Waals surface area contributed by atoms with Crippen LogP contribution in [0.1, 0.15) is 34.6 Å². The third-order valence-electron chi connectivity index (χ3n) is 12.1. The largest absolute Gasteiger partial charge is 0.460 e. The van der Waals surface area contributed by atoms with Gasteiger partial charge >= 0.3 is 90.1 Å². The molecule has 6 N–H and O–H groups in total. The Morgan fingerprint density at radius 1 is 0.309 bits per heavy atom. The van der Waals surface area contributed by atoms with Crippen molar-refractivity contribution in [3.63, 3.8) is 0 Å². The van der Waals surface area contributed by atoms with Crippen LogP contribution in [0, 0.1) is 0 Å². The normalized spacial score (nSPS) is 15.6. The Morgan fingerprint density at radius 2 is 0.526 bits per heavy atom. The summed E-state index contributed by atoms with van der Waals surface area (Å²) in [6.45, 7) is 29.2. The molecule has 0 radical (unpaired) electrons. The summed E-state index contributed by atoms with van der Waals surface area (Å²) in [5, 5.41) is 13.9. The molecule has 1 heterocycles. The minimum absolute atomic E-state index is 0.722. The van der Waals surface area contributed by atoms with Crippen molar-refractivity contribution in [1.82, 2.24) is 31.9 Å². The molecule has 1 saturated heterocycles. The molecule has 1 aliphatic rings. The minimum atomic E-state index is -2.56. The van der Waals surface area contributed by atoms with E-state index in [1.165, 1.54) is 13.8 Å². The molecule has 97 heavy (non-hydrogen) atoms. The number of ether oxygens (including phenoxy) is 15.